The molecule has 0 saturated carbocycles. The van der Waals surface area contributed by atoms with Crippen LogP contribution in [-0.2, 0) is 36.9 Å². The van der Waals surface area contributed by atoms with Gasteiger partial charge in [0.2, 0.25) is 29.2 Å². The Kier molecular flexibility index (Phi) is 25.1. The lowest BCUT2D eigenvalue weighted by Gasteiger charge is -2.10. The number of pyridine rings is 2. The number of ketones is 1. The Balaban J connectivity index is 0.000000232. The van der Waals surface area contributed by atoms with E-state index >= 15 is 0 Å². The molecular formula is C51H58BrClN16O9. The predicted octanol–water partition coefficient (Wildman–Crippen LogP) is 5.62. The largest absolute Gasteiger partial charge is 0.461 e. The molecule has 0 radical (unpaired) electrons. The minimum atomic E-state index is -0.769. The first kappa shape index (κ1) is 61.5. The Morgan fingerprint density at radius 1 is 0.731 bits per heavy atom. The predicted molar refractivity (Wildman–Crippen MR) is 294 cm³/mol. The zero-order chi connectivity index (χ0) is 57.1. The summed E-state index contributed by atoms with van der Waals surface area (Å²) in [6.07, 6.45) is 16.3. The SMILES string of the molecule is CCO.CCOC(=O)C(=O)CBr.CCOC(=O)c1cn2cccnc2n1.CCOC(=O)c1cnc2ncccn12.Cc1cc(N)nc(C)c1CNC(=O)c1cn(Cc2ccc3ncc(Cl)cc3c2)c(N)n1.Nc1ncccn1. The number of nitrogens with two attached hydrogens (primary N) is 3. The van der Waals surface area contributed by atoms with Gasteiger partial charge in [-0.05, 0) is 101 Å². The summed E-state index contributed by atoms with van der Waals surface area (Å²) in [5, 5.41) is 12.0. The molecule has 8 aromatic heterocycles. The number of nitrogens with zero attached hydrogens (tertiary/aromatic N) is 12. The molecule has 8 N–H and O–H groups in total. The first-order chi connectivity index (χ1) is 37.5. The van der Waals surface area contributed by atoms with Crippen molar-refractivity contribution in [1.82, 2.24) is 63.5 Å². The van der Waals surface area contributed by atoms with Crippen LogP contribution >= 0.6 is 27.5 Å². The number of aromatic nitrogens is 12. The molecular weight excluding hydrogens is 1100 g/mol. The molecule has 0 spiro atoms. The molecule has 0 aliphatic heterocycles. The molecule has 9 aromatic rings. The van der Waals surface area contributed by atoms with Gasteiger partial charge in [-0.3, -0.25) is 23.4 Å². The van der Waals surface area contributed by atoms with E-state index < -0.39 is 17.7 Å². The number of anilines is 3. The normalized spacial score (nSPS) is 10.1. The number of fused-ring (bicyclic) bond motifs is 3. The van der Waals surface area contributed by atoms with E-state index in [0.29, 0.717) is 60.3 Å². The van der Waals surface area contributed by atoms with E-state index in [1.54, 1.807) is 121 Å². The van der Waals surface area contributed by atoms with Crippen molar-refractivity contribution in [2.24, 2.45) is 0 Å². The molecule has 1 amide bonds. The van der Waals surface area contributed by atoms with Crippen molar-refractivity contribution in [2.75, 3.05) is 49.0 Å². The van der Waals surface area contributed by atoms with Crippen LogP contribution < -0.4 is 22.5 Å². The summed E-state index contributed by atoms with van der Waals surface area (Å²) in [7, 11) is 0. The van der Waals surface area contributed by atoms with Crippen molar-refractivity contribution >= 4 is 97.3 Å². The number of carbonyl (C=O) groups excluding carboxylic acids is 5. The monoisotopic (exact) mass is 1150 g/mol. The average molecular weight is 1150 g/mol. The molecule has 410 valence electrons. The first-order valence-electron chi connectivity index (χ1n) is 23.7. The van der Waals surface area contributed by atoms with Crippen LogP contribution in [0.1, 0.15) is 81.5 Å². The van der Waals surface area contributed by atoms with Crippen molar-refractivity contribution in [3.05, 3.63) is 155 Å². The van der Waals surface area contributed by atoms with Gasteiger partial charge >= 0.3 is 17.9 Å². The molecule has 9 rings (SSSR count). The topological polar surface area (TPSA) is 353 Å². The Hall–Kier alpha value is -9.01. The number of hydrogen-bond acceptors (Lipinski definition) is 21. The van der Waals surface area contributed by atoms with Gasteiger partial charge in [0.25, 0.3) is 5.91 Å². The van der Waals surface area contributed by atoms with Crippen molar-refractivity contribution in [3.63, 3.8) is 0 Å². The number of rotatable bonds is 12. The minimum Gasteiger partial charge on any atom is -0.461 e. The molecule has 8 heterocycles. The standard InChI is InChI=1S/C22H22ClN7O.2C9H9N3O2.C5H7BrO3.C4H5N3.C2H6O/c1-12-5-20(24)28-13(2)17(12)9-27-21(31)19-11-30(22(25)29-19)10-14-3-4-18-15(6-14)7-16(23)8-26-18;1-2-14-8(13)7-6-12-5-3-4-10-9(12)11-7;1-2-14-8(13)7-6-11-9-10-4-3-5-12(7)9;1-2-9-5(8)4(7)3-6;5-4-6-2-1-3-7-4;1-2-3/h3-8,11H,9-10H2,1-2H3,(H2,24,28)(H2,25,29)(H,27,31);2*3-6H,2H2,1H3;2-3H2,1H3;1-3H,(H2,5,6,7);3H,2H2,1H3. The number of imidazole rings is 3. The summed E-state index contributed by atoms with van der Waals surface area (Å²) in [5.41, 5.74) is 22.4. The molecule has 0 bridgehead atoms. The lowest BCUT2D eigenvalue weighted by Crippen LogP contribution is -2.24. The quantitative estimate of drug-likeness (QED) is 0.0428. The molecule has 0 fully saturated rings. The maximum absolute atomic E-state index is 12.6. The van der Waals surface area contributed by atoms with E-state index in [0.717, 1.165) is 33.3 Å². The van der Waals surface area contributed by atoms with Crippen LogP contribution in [0.5, 0.6) is 0 Å². The second kappa shape index (κ2) is 31.8. The van der Waals surface area contributed by atoms with Gasteiger partial charge in [-0.1, -0.05) is 33.6 Å². The lowest BCUT2D eigenvalue weighted by molar-refractivity contribution is -0.152. The fourth-order valence-corrected chi connectivity index (χ4v) is 6.82. The summed E-state index contributed by atoms with van der Waals surface area (Å²) < 4.78 is 19.1. The number of nitrogen functional groups attached to an aromatic ring is 3. The molecule has 0 aliphatic rings. The number of Topliss-reactive ketones (excluding diaryl/α,β-unsaturated/α-hetero) is 1. The highest BCUT2D eigenvalue weighted by molar-refractivity contribution is 9.09. The number of halogens is 2. The van der Waals surface area contributed by atoms with Gasteiger partial charge < -0.3 is 46.4 Å². The Morgan fingerprint density at radius 2 is 1.38 bits per heavy atom. The number of nitrogens with one attached hydrogen (secondary N) is 1. The Labute approximate surface area is 460 Å². The molecule has 0 aliphatic carbocycles. The maximum atomic E-state index is 12.6. The number of aliphatic hydroxyl groups is 1. The van der Waals surface area contributed by atoms with Gasteiger partial charge in [0, 0.05) is 80.0 Å². The lowest BCUT2D eigenvalue weighted by atomic mass is 10.1. The number of amides is 1. The van der Waals surface area contributed by atoms with Gasteiger partial charge in [0.15, 0.2) is 11.4 Å². The van der Waals surface area contributed by atoms with Crippen LogP contribution in [0.3, 0.4) is 0 Å². The van der Waals surface area contributed by atoms with E-state index in [1.165, 1.54) is 6.20 Å². The summed E-state index contributed by atoms with van der Waals surface area (Å²) >= 11 is 8.88. The number of aryl methyl sites for hydroxylation is 2. The third-order valence-corrected chi connectivity index (χ3v) is 10.5. The molecule has 1 aromatic carbocycles. The number of benzene rings is 1. The number of esters is 3. The fraction of sp³-hybridized carbons (Fsp3) is 0.255. The average Bonchev–Trinajstić information content (AvgIpc) is 4.17. The fourth-order valence-electron chi connectivity index (χ4n) is 6.42. The van der Waals surface area contributed by atoms with Crippen LogP contribution in [0.15, 0.2) is 110 Å². The zero-order valence-corrected chi connectivity index (χ0v) is 45.8. The highest BCUT2D eigenvalue weighted by Crippen LogP contribution is 2.20. The highest BCUT2D eigenvalue weighted by atomic mass is 79.9. The summed E-state index contributed by atoms with van der Waals surface area (Å²) in [6, 6.07) is 14.7. The van der Waals surface area contributed by atoms with E-state index in [4.69, 9.17) is 43.4 Å². The molecule has 27 heteroatoms. The highest BCUT2D eigenvalue weighted by Gasteiger charge is 2.16. The van der Waals surface area contributed by atoms with Crippen molar-refractivity contribution in [2.45, 2.75) is 54.6 Å². The number of carbonyl (C=O) groups is 5. The molecule has 25 nitrogen and oxygen atoms in total. The van der Waals surface area contributed by atoms with Crippen molar-refractivity contribution in [3.8, 4) is 0 Å². The van der Waals surface area contributed by atoms with Gasteiger partial charge in [0.05, 0.1) is 48.4 Å². The summed E-state index contributed by atoms with van der Waals surface area (Å²) in [5.74, 6) is -0.388. The van der Waals surface area contributed by atoms with Crippen LogP contribution in [-0.4, -0.2) is 125 Å². The van der Waals surface area contributed by atoms with Crippen LogP contribution in [0.25, 0.3) is 22.5 Å². The van der Waals surface area contributed by atoms with Crippen molar-refractivity contribution < 1.29 is 43.3 Å². The van der Waals surface area contributed by atoms with Crippen LogP contribution in [0, 0.1) is 13.8 Å². The smallest absolute Gasteiger partial charge is 0.375 e. The van der Waals surface area contributed by atoms with Gasteiger partial charge in [0.1, 0.15) is 11.5 Å². The Bertz CT molecular complexity index is 3350. The third kappa shape index (κ3) is 19.0. The van der Waals surface area contributed by atoms with E-state index in [1.807, 2.05) is 38.1 Å². The minimum absolute atomic E-state index is 0.0336. The van der Waals surface area contributed by atoms with Crippen LogP contribution in [0.2, 0.25) is 5.02 Å². The van der Waals surface area contributed by atoms with Crippen LogP contribution in [0.4, 0.5) is 17.7 Å². The molecule has 0 unspecified atom stereocenters. The Morgan fingerprint density at radius 3 is 2.01 bits per heavy atom. The molecule has 78 heavy (non-hydrogen) atoms. The maximum Gasteiger partial charge on any atom is 0.375 e. The summed E-state index contributed by atoms with van der Waals surface area (Å²) in [4.78, 5) is 92.1. The second-order valence-corrected chi connectivity index (χ2v) is 16.4. The molecule has 0 atom stereocenters. The van der Waals surface area contributed by atoms with Gasteiger partial charge in [-0.2, -0.15) is 0 Å². The third-order valence-electron chi connectivity index (χ3n) is 9.81. The van der Waals surface area contributed by atoms with Gasteiger partial charge in [-0.25, -0.2) is 54.3 Å². The number of alkyl halides is 1. The van der Waals surface area contributed by atoms with E-state index in [2.05, 4.69) is 70.8 Å². The second-order valence-electron chi connectivity index (χ2n) is 15.4. The van der Waals surface area contributed by atoms with Crippen molar-refractivity contribution in [1.29, 1.82) is 0 Å². The number of hydrogen-bond donors (Lipinski definition) is 5. The van der Waals surface area contributed by atoms with E-state index in [9.17, 15) is 24.0 Å². The first-order valence-corrected chi connectivity index (χ1v) is 25.2. The van der Waals surface area contributed by atoms with E-state index in [-0.39, 0.29) is 47.8 Å². The van der Waals surface area contributed by atoms with Gasteiger partial charge in [-0.15, -0.1) is 0 Å². The molecule has 0 saturated heterocycles. The number of ether oxygens (including phenoxy) is 3. The number of aliphatic hydroxyl groups excluding tert-OH is 1. The summed E-state index contributed by atoms with van der Waals surface area (Å²) in [6.45, 7) is 12.6. The zero-order valence-electron chi connectivity index (χ0n) is 43.4.